The predicted molar refractivity (Wildman–Crippen MR) is 57.2 cm³/mol. The Morgan fingerprint density at radius 1 is 1.53 bits per heavy atom. The van der Waals surface area contributed by atoms with Gasteiger partial charge in [-0.25, -0.2) is 0 Å². The van der Waals surface area contributed by atoms with Gasteiger partial charge < -0.3 is 14.0 Å². The average molecular weight is 240 g/mol. The summed E-state index contributed by atoms with van der Waals surface area (Å²) in [7, 11) is 1.56. The van der Waals surface area contributed by atoms with E-state index in [4.69, 9.17) is 14.0 Å². The monoisotopic (exact) mass is 240 g/mol. The Morgan fingerprint density at radius 3 is 2.82 bits per heavy atom. The van der Waals surface area contributed by atoms with Crippen LogP contribution in [0.1, 0.15) is 37.9 Å². The zero-order valence-electron chi connectivity index (χ0n) is 10.1. The zero-order valence-corrected chi connectivity index (χ0v) is 10.1. The van der Waals surface area contributed by atoms with Gasteiger partial charge in [-0.15, -0.1) is 0 Å². The summed E-state index contributed by atoms with van der Waals surface area (Å²) in [5.41, 5.74) is -0.713. The zero-order chi connectivity index (χ0) is 12.3. The molecule has 0 unspecified atom stereocenters. The molecule has 1 aromatic rings. The third kappa shape index (κ3) is 2.04. The van der Waals surface area contributed by atoms with Crippen molar-refractivity contribution in [3.8, 4) is 0 Å². The normalized spacial score (nSPS) is 17.5. The minimum absolute atomic E-state index is 0.265. The second kappa shape index (κ2) is 4.83. The highest BCUT2D eigenvalue weighted by atomic mass is 16.5. The summed E-state index contributed by atoms with van der Waals surface area (Å²) in [6.45, 7) is 2.43. The highest BCUT2D eigenvalue weighted by Crippen LogP contribution is 2.44. The Balaban J connectivity index is 2.19. The van der Waals surface area contributed by atoms with Crippen molar-refractivity contribution < 1.29 is 18.8 Å². The third-order valence-electron chi connectivity index (χ3n) is 3.02. The van der Waals surface area contributed by atoms with Crippen molar-refractivity contribution >= 4 is 5.97 Å². The Labute approximate surface area is 99.3 Å². The van der Waals surface area contributed by atoms with E-state index in [-0.39, 0.29) is 12.6 Å². The Morgan fingerprint density at radius 2 is 2.29 bits per heavy atom. The fourth-order valence-electron chi connectivity index (χ4n) is 1.94. The molecule has 0 radical (unpaired) electrons. The van der Waals surface area contributed by atoms with Gasteiger partial charge in [0, 0.05) is 7.11 Å². The van der Waals surface area contributed by atoms with Crippen LogP contribution in [-0.4, -0.2) is 29.8 Å². The van der Waals surface area contributed by atoms with Crippen LogP contribution in [0.15, 0.2) is 4.52 Å². The second-order valence-electron chi connectivity index (χ2n) is 4.10. The lowest BCUT2D eigenvalue weighted by atomic mass is 9.68. The first kappa shape index (κ1) is 12.0. The molecule has 0 spiro atoms. The van der Waals surface area contributed by atoms with Gasteiger partial charge in [-0.3, -0.25) is 4.79 Å². The molecule has 1 fully saturated rings. The molecule has 94 valence electrons. The number of esters is 1. The number of aromatic nitrogens is 2. The molecule has 1 aliphatic carbocycles. The SMILES string of the molecule is CCOC(=O)C1(c2nc(COC)no2)CCC1. The van der Waals surface area contributed by atoms with Crippen LogP contribution in [0.4, 0.5) is 0 Å². The van der Waals surface area contributed by atoms with Crippen LogP contribution in [0.3, 0.4) is 0 Å². The predicted octanol–water partition coefficient (Wildman–Crippen LogP) is 1.20. The maximum Gasteiger partial charge on any atom is 0.321 e. The first-order valence-electron chi connectivity index (χ1n) is 5.72. The number of carbonyl (C=O) groups is 1. The number of methoxy groups -OCH3 is 1. The molecule has 0 atom stereocenters. The number of ether oxygens (including phenoxy) is 2. The van der Waals surface area contributed by atoms with E-state index in [0.29, 0.717) is 31.2 Å². The van der Waals surface area contributed by atoms with E-state index in [9.17, 15) is 4.79 Å². The molecule has 0 bridgehead atoms. The summed E-state index contributed by atoms with van der Waals surface area (Å²) in [5.74, 6) is 0.547. The van der Waals surface area contributed by atoms with E-state index in [0.717, 1.165) is 6.42 Å². The average Bonchev–Trinajstić information content (AvgIpc) is 2.66. The van der Waals surface area contributed by atoms with Gasteiger partial charge in [-0.05, 0) is 19.8 Å². The Hall–Kier alpha value is -1.43. The van der Waals surface area contributed by atoms with E-state index in [1.54, 1.807) is 14.0 Å². The van der Waals surface area contributed by atoms with Gasteiger partial charge in [0.05, 0.1) is 6.61 Å². The molecule has 1 aliphatic rings. The minimum Gasteiger partial charge on any atom is -0.465 e. The van der Waals surface area contributed by atoms with Crippen molar-refractivity contribution in [2.45, 2.75) is 38.2 Å². The number of hydrogen-bond donors (Lipinski definition) is 0. The molecule has 0 saturated heterocycles. The fourth-order valence-corrected chi connectivity index (χ4v) is 1.94. The molecule has 0 aliphatic heterocycles. The topological polar surface area (TPSA) is 74.5 Å². The van der Waals surface area contributed by atoms with Crippen LogP contribution in [0, 0.1) is 0 Å². The summed E-state index contributed by atoms with van der Waals surface area (Å²) < 4.78 is 15.1. The highest BCUT2D eigenvalue weighted by molar-refractivity contribution is 5.82. The van der Waals surface area contributed by atoms with Gasteiger partial charge >= 0.3 is 5.97 Å². The van der Waals surface area contributed by atoms with Crippen molar-refractivity contribution in [2.75, 3.05) is 13.7 Å². The number of carbonyl (C=O) groups excluding carboxylic acids is 1. The molecule has 0 aromatic carbocycles. The number of hydrogen-bond acceptors (Lipinski definition) is 6. The summed E-state index contributed by atoms with van der Waals surface area (Å²) in [5, 5.41) is 3.78. The molecule has 6 heteroatoms. The molecular formula is C11H16N2O4. The maximum absolute atomic E-state index is 11.9. The van der Waals surface area contributed by atoms with Gasteiger partial charge in [-0.2, -0.15) is 4.98 Å². The van der Waals surface area contributed by atoms with Gasteiger partial charge in [0.25, 0.3) is 0 Å². The summed E-state index contributed by atoms with van der Waals surface area (Å²) in [4.78, 5) is 16.1. The van der Waals surface area contributed by atoms with Crippen molar-refractivity contribution in [1.29, 1.82) is 0 Å². The molecule has 0 N–H and O–H groups in total. The van der Waals surface area contributed by atoms with Crippen LogP contribution in [0.2, 0.25) is 0 Å². The smallest absolute Gasteiger partial charge is 0.321 e. The Kier molecular flexibility index (Phi) is 3.42. The lowest BCUT2D eigenvalue weighted by Gasteiger charge is -2.35. The standard InChI is InChI=1S/C11H16N2O4/c1-3-16-10(14)11(5-4-6-11)9-12-8(7-15-2)13-17-9/h3-7H2,1-2H3. The molecule has 17 heavy (non-hydrogen) atoms. The van der Waals surface area contributed by atoms with Crippen molar-refractivity contribution in [2.24, 2.45) is 0 Å². The summed E-state index contributed by atoms with van der Waals surface area (Å²) in [6, 6.07) is 0. The quantitative estimate of drug-likeness (QED) is 0.720. The van der Waals surface area contributed by atoms with Crippen LogP contribution in [0.25, 0.3) is 0 Å². The second-order valence-corrected chi connectivity index (χ2v) is 4.10. The van der Waals surface area contributed by atoms with E-state index < -0.39 is 5.41 Å². The molecule has 1 heterocycles. The first-order chi connectivity index (χ1) is 8.23. The molecule has 6 nitrogen and oxygen atoms in total. The van der Waals surface area contributed by atoms with E-state index >= 15 is 0 Å². The molecule has 0 amide bonds. The van der Waals surface area contributed by atoms with Gasteiger partial charge in [0.2, 0.25) is 5.89 Å². The minimum atomic E-state index is -0.713. The van der Waals surface area contributed by atoms with Gasteiger partial charge in [-0.1, -0.05) is 11.6 Å². The van der Waals surface area contributed by atoms with Crippen molar-refractivity contribution in [1.82, 2.24) is 10.1 Å². The molecular weight excluding hydrogens is 224 g/mol. The number of nitrogens with zero attached hydrogens (tertiary/aromatic N) is 2. The molecule has 2 rings (SSSR count). The van der Waals surface area contributed by atoms with Crippen molar-refractivity contribution in [3.05, 3.63) is 11.7 Å². The van der Waals surface area contributed by atoms with Crippen LogP contribution in [-0.2, 0) is 26.3 Å². The highest BCUT2D eigenvalue weighted by Gasteiger charge is 2.51. The van der Waals surface area contributed by atoms with Gasteiger partial charge in [0.1, 0.15) is 12.0 Å². The molecule has 1 aromatic heterocycles. The number of rotatable bonds is 5. The van der Waals surface area contributed by atoms with Crippen LogP contribution >= 0.6 is 0 Å². The van der Waals surface area contributed by atoms with Gasteiger partial charge in [0.15, 0.2) is 5.82 Å². The van der Waals surface area contributed by atoms with E-state index in [2.05, 4.69) is 10.1 Å². The lowest BCUT2D eigenvalue weighted by Crippen LogP contribution is -2.44. The van der Waals surface area contributed by atoms with Crippen LogP contribution < -0.4 is 0 Å². The van der Waals surface area contributed by atoms with E-state index in [1.165, 1.54) is 0 Å². The third-order valence-corrected chi connectivity index (χ3v) is 3.02. The summed E-state index contributed by atoms with van der Waals surface area (Å²) in [6.07, 6.45) is 2.39. The largest absolute Gasteiger partial charge is 0.465 e. The lowest BCUT2D eigenvalue weighted by molar-refractivity contribution is -0.155. The Bertz CT molecular complexity index is 398. The fraction of sp³-hybridized carbons (Fsp3) is 0.727. The molecule has 1 saturated carbocycles. The van der Waals surface area contributed by atoms with Crippen molar-refractivity contribution in [3.63, 3.8) is 0 Å². The van der Waals surface area contributed by atoms with Crippen LogP contribution in [0.5, 0.6) is 0 Å². The summed E-state index contributed by atoms with van der Waals surface area (Å²) >= 11 is 0. The maximum atomic E-state index is 11.9. The first-order valence-corrected chi connectivity index (χ1v) is 5.72. The van der Waals surface area contributed by atoms with E-state index in [1.807, 2.05) is 0 Å².